The molecule has 138 valence electrons. The predicted octanol–water partition coefficient (Wildman–Crippen LogP) is 3.65. The van der Waals surface area contributed by atoms with E-state index in [4.69, 9.17) is 14.2 Å². The molecule has 4 bridgehead atoms. The highest BCUT2D eigenvalue weighted by molar-refractivity contribution is 5.11. The van der Waals surface area contributed by atoms with E-state index >= 15 is 0 Å². The summed E-state index contributed by atoms with van der Waals surface area (Å²) < 4.78 is 17.6. The van der Waals surface area contributed by atoms with Crippen molar-refractivity contribution in [3.63, 3.8) is 0 Å². The number of hydrogen-bond acceptors (Lipinski definition) is 6. The summed E-state index contributed by atoms with van der Waals surface area (Å²) in [7, 11) is 0. The Labute approximate surface area is 149 Å². The summed E-state index contributed by atoms with van der Waals surface area (Å²) in [6, 6.07) is 0.901. The first kappa shape index (κ1) is 16.9. The minimum absolute atomic E-state index is 0.0108. The second-order valence-corrected chi connectivity index (χ2v) is 8.53. The Morgan fingerprint density at radius 2 is 1.12 bits per heavy atom. The zero-order chi connectivity index (χ0) is 17.6. The number of rotatable bonds is 6. The van der Waals surface area contributed by atoms with E-state index in [-0.39, 0.29) is 30.3 Å². The van der Waals surface area contributed by atoms with Gasteiger partial charge in [-0.25, -0.2) is 0 Å². The molecule has 1 aromatic heterocycles. The van der Waals surface area contributed by atoms with Gasteiger partial charge in [0.2, 0.25) is 0 Å². The highest BCUT2D eigenvalue weighted by Crippen LogP contribution is 2.54. The van der Waals surface area contributed by atoms with Crippen LogP contribution in [0.25, 0.3) is 0 Å². The van der Waals surface area contributed by atoms with Crippen molar-refractivity contribution >= 4 is 0 Å². The summed E-state index contributed by atoms with van der Waals surface area (Å²) >= 11 is 0. The Kier molecular flexibility index (Phi) is 4.46. The first-order valence-electron chi connectivity index (χ1n) is 9.72. The molecule has 0 radical (unpaired) electrons. The highest BCUT2D eigenvalue weighted by atomic mass is 16.5. The quantitative estimate of drug-likeness (QED) is 0.782. The zero-order valence-corrected chi connectivity index (χ0v) is 15.6. The fraction of sp³-hybridized carbons (Fsp3) is 0.842. The zero-order valence-electron chi connectivity index (χ0n) is 15.6. The fourth-order valence-electron chi connectivity index (χ4n) is 5.09. The van der Waals surface area contributed by atoms with Crippen molar-refractivity contribution in [1.82, 2.24) is 15.0 Å². The van der Waals surface area contributed by atoms with Gasteiger partial charge in [-0.3, -0.25) is 0 Å². The molecule has 5 rings (SSSR count). The lowest BCUT2D eigenvalue weighted by molar-refractivity contribution is -0.0826. The van der Waals surface area contributed by atoms with Crippen LogP contribution in [0.1, 0.15) is 59.8 Å². The first-order valence-corrected chi connectivity index (χ1v) is 9.72. The van der Waals surface area contributed by atoms with Crippen molar-refractivity contribution in [2.75, 3.05) is 0 Å². The molecule has 0 spiro atoms. The van der Waals surface area contributed by atoms with Crippen LogP contribution < -0.4 is 14.2 Å². The number of hydrogen-bond donors (Lipinski definition) is 0. The molecule has 0 N–H and O–H groups in total. The maximum absolute atomic E-state index is 6.31. The SMILES string of the molecule is CC(C)Oc1nc(OC(C)C)nc(OC2C3CC4CC(C3)CC2C4)n1. The lowest BCUT2D eigenvalue weighted by atomic mass is 9.55. The molecule has 0 saturated heterocycles. The lowest BCUT2D eigenvalue weighted by Gasteiger charge is -2.53. The third-order valence-corrected chi connectivity index (χ3v) is 5.64. The number of aromatic nitrogens is 3. The van der Waals surface area contributed by atoms with Gasteiger partial charge in [-0.05, 0) is 83.5 Å². The van der Waals surface area contributed by atoms with Gasteiger partial charge in [-0.1, -0.05) is 0 Å². The summed E-state index contributed by atoms with van der Waals surface area (Å²) in [5.41, 5.74) is 0. The van der Waals surface area contributed by atoms with Crippen LogP contribution in [0.4, 0.5) is 0 Å². The largest absolute Gasteiger partial charge is 0.461 e. The minimum atomic E-state index is -0.0108. The van der Waals surface area contributed by atoms with Gasteiger partial charge in [-0.2, -0.15) is 0 Å². The first-order chi connectivity index (χ1) is 12.0. The van der Waals surface area contributed by atoms with Gasteiger partial charge in [0.15, 0.2) is 0 Å². The maximum atomic E-state index is 6.31. The van der Waals surface area contributed by atoms with Crippen molar-refractivity contribution in [3.05, 3.63) is 0 Å². The van der Waals surface area contributed by atoms with Crippen LogP contribution in [0.5, 0.6) is 18.0 Å². The normalized spacial score (nSPS) is 33.1. The predicted molar refractivity (Wildman–Crippen MR) is 92.8 cm³/mol. The van der Waals surface area contributed by atoms with E-state index in [1.807, 2.05) is 27.7 Å². The van der Waals surface area contributed by atoms with Crippen molar-refractivity contribution < 1.29 is 14.2 Å². The van der Waals surface area contributed by atoms with Crippen LogP contribution >= 0.6 is 0 Å². The van der Waals surface area contributed by atoms with E-state index in [0.717, 1.165) is 11.8 Å². The molecule has 1 heterocycles. The van der Waals surface area contributed by atoms with E-state index < -0.39 is 0 Å². The van der Waals surface area contributed by atoms with Crippen LogP contribution in [0.2, 0.25) is 0 Å². The molecule has 4 fully saturated rings. The molecular weight excluding hydrogens is 318 g/mol. The summed E-state index contributed by atoms with van der Waals surface area (Å²) in [5.74, 6) is 3.13. The Hall–Kier alpha value is -1.59. The van der Waals surface area contributed by atoms with E-state index in [9.17, 15) is 0 Å². The Morgan fingerprint density at radius 3 is 1.56 bits per heavy atom. The van der Waals surface area contributed by atoms with Crippen molar-refractivity contribution in [2.24, 2.45) is 23.7 Å². The number of ether oxygens (including phenoxy) is 3. The third-order valence-electron chi connectivity index (χ3n) is 5.64. The van der Waals surface area contributed by atoms with Gasteiger partial charge in [0.1, 0.15) is 6.10 Å². The second-order valence-electron chi connectivity index (χ2n) is 8.53. The molecule has 6 nitrogen and oxygen atoms in total. The molecule has 4 aliphatic carbocycles. The van der Waals surface area contributed by atoms with E-state index in [1.165, 1.54) is 32.1 Å². The van der Waals surface area contributed by atoms with Gasteiger partial charge in [0.05, 0.1) is 12.2 Å². The topological polar surface area (TPSA) is 66.4 Å². The van der Waals surface area contributed by atoms with E-state index in [0.29, 0.717) is 17.8 Å². The molecule has 4 saturated carbocycles. The average Bonchev–Trinajstić information content (AvgIpc) is 2.48. The third kappa shape index (κ3) is 3.67. The average molecular weight is 347 g/mol. The van der Waals surface area contributed by atoms with Crippen LogP contribution in [0, 0.1) is 23.7 Å². The molecule has 0 aromatic carbocycles. The molecule has 0 atom stereocenters. The van der Waals surface area contributed by atoms with Crippen molar-refractivity contribution in [3.8, 4) is 18.0 Å². The molecule has 0 unspecified atom stereocenters. The van der Waals surface area contributed by atoms with Crippen LogP contribution in [-0.4, -0.2) is 33.3 Å². The summed E-state index contributed by atoms with van der Waals surface area (Å²) in [6.45, 7) is 7.80. The smallest absolute Gasteiger partial charge is 0.326 e. The lowest BCUT2D eigenvalue weighted by Crippen LogP contribution is -2.50. The standard InChI is InChI=1S/C19H29N3O3/c1-10(2)23-17-20-18(24-11(3)4)22-19(21-17)25-16-14-6-12-5-13(8-14)9-15(16)7-12/h10-16H,5-9H2,1-4H3. The Balaban J connectivity index is 1.54. The van der Waals surface area contributed by atoms with E-state index in [1.54, 1.807) is 0 Å². The van der Waals surface area contributed by atoms with Gasteiger partial charge in [0.25, 0.3) is 0 Å². The molecule has 0 amide bonds. The molecule has 25 heavy (non-hydrogen) atoms. The number of nitrogens with zero attached hydrogens (tertiary/aromatic N) is 3. The van der Waals surface area contributed by atoms with Crippen LogP contribution in [0.3, 0.4) is 0 Å². The second kappa shape index (κ2) is 6.61. The highest BCUT2D eigenvalue weighted by Gasteiger charge is 2.49. The van der Waals surface area contributed by atoms with Crippen molar-refractivity contribution in [1.29, 1.82) is 0 Å². The van der Waals surface area contributed by atoms with Gasteiger partial charge >= 0.3 is 18.0 Å². The van der Waals surface area contributed by atoms with Crippen molar-refractivity contribution in [2.45, 2.75) is 78.1 Å². The molecule has 4 aliphatic rings. The van der Waals surface area contributed by atoms with Gasteiger partial charge in [0, 0.05) is 0 Å². The summed E-state index contributed by atoms with van der Waals surface area (Å²) in [4.78, 5) is 13.0. The Morgan fingerprint density at radius 1 is 0.680 bits per heavy atom. The Bertz CT molecular complexity index is 564. The monoisotopic (exact) mass is 347 g/mol. The molecule has 6 heteroatoms. The molecule has 1 aromatic rings. The molecule has 0 aliphatic heterocycles. The van der Waals surface area contributed by atoms with E-state index in [2.05, 4.69) is 15.0 Å². The fourth-order valence-corrected chi connectivity index (χ4v) is 5.09. The summed E-state index contributed by atoms with van der Waals surface area (Å²) in [5, 5.41) is 0. The minimum Gasteiger partial charge on any atom is -0.461 e. The van der Waals surface area contributed by atoms with Gasteiger partial charge in [-0.15, -0.1) is 15.0 Å². The maximum Gasteiger partial charge on any atom is 0.326 e. The molecular formula is C19H29N3O3. The van der Waals surface area contributed by atoms with Crippen LogP contribution in [-0.2, 0) is 0 Å². The van der Waals surface area contributed by atoms with Gasteiger partial charge < -0.3 is 14.2 Å². The van der Waals surface area contributed by atoms with Crippen LogP contribution in [0.15, 0.2) is 0 Å². The summed E-state index contributed by atoms with van der Waals surface area (Å²) in [6.07, 6.45) is 6.84.